The topological polar surface area (TPSA) is 54.5 Å². The molecule has 2 heterocycles. The number of rotatable bonds is 1. The molecule has 1 N–H and O–H groups in total. The van der Waals surface area contributed by atoms with Crippen molar-refractivity contribution < 1.29 is 0 Å². The minimum absolute atomic E-state index is 0.365. The number of hydrogen-bond acceptors (Lipinski definition) is 4. The molecule has 0 aromatic carbocycles. The molecule has 0 bridgehead atoms. The third kappa shape index (κ3) is 2.06. The molecule has 4 nitrogen and oxygen atoms in total. The summed E-state index contributed by atoms with van der Waals surface area (Å²) in [6.45, 7) is 0. The fourth-order valence-corrected chi connectivity index (χ4v) is 1.45. The maximum atomic E-state index is 5.92. The summed E-state index contributed by atoms with van der Waals surface area (Å²) in [6, 6.07) is 0. The van der Waals surface area contributed by atoms with Gasteiger partial charge in [-0.2, -0.15) is 17.7 Å². The lowest BCUT2D eigenvalue weighted by atomic mass is 10.3. The van der Waals surface area contributed by atoms with E-state index in [-0.39, 0.29) is 0 Å². The second-order valence-corrected chi connectivity index (χ2v) is 3.54. The van der Waals surface area contributed by atoms with Gasteiger partial charge in [-0.25, -0.2) is 9.97 Å². The summed E-state index contributed by atoms with van der Waals surface area (Å²) in [5.41, 5.74) is 1.18. The van der Waals surface area contributed by atoms with Gasteiger partial charge in [-0.15, -0.1) is 0 Å². The molecule has 0 amide bonds. The van der Waals surface area contributed by atoms with Gasteiger partial charge in [0.15, 0.2) is 5.65 Å². The standard InChI is InChI=1S/C9H7ClN4S/c10-8-7-6(3-1-2-4-15)13-14-9(7)12-5-11-8/h5,15H,2,4H2,(H,11,12,13,14). The highest BCUT2D eigenvalue weighted by molar-refractivity contribution is 7.80. The summed E-state index contributed by atoms with van der Waals surface area (Å²) in [6.07, 6.45) is 2.09. The van der Waals surface area contributed by atoms with Crippen LogP contribution in [0.25, 0.3) is 11.0 Å². The Morgan fingerprint density at radius 3 is 3.13 bits per heavy atom. The third-order valence-corrected chi connectivity index (χ3v) is 2.26. The average Bonchev–Trinajstić information content (AvgIpc) is 2.63. The van der Waals surface area contributed by atoms with E-state index in [9.17, 15) is 0 Å². The van der Waals surface area contributed by atoms with Crippen molar-refractivity contribution in [2.45, 2.75) is 6.42 Å². The molecule has 0 aliphatic heterocycles. The van der Waals surface area contributed by atoms with Gasteiger partial charge in [0.1, 0.15) is 17.2 Å². The number of halogens is 1. The van der Waals surface area contributed by atoms with Crippen LogP contribution < -0.4 is 0 Å². The molecule has 0 fully saturated rings. The van der Waals surface area contributed by atoms with Crippen molar-refractivity contribution in [3.05, 3.63) is 17.2 Å². The van der Waals surface area contributed by atoms with E-state index in [1.165, 1.54) is 6.33 Å². The lowest BCUT2D eigenvalue weighted by molar-refractivity contribution is 1.08. The molecule has 6 heteroatoms. The first-order chi connectivity index (χ1) is 7.33. The van der Waals surface area contributed by atoms with Gasteiger partial charge in [0.25, 0.3) is 0 Å². The van der Waals surface area contributed by atoms with Gasteiger partial charge in [0.2, 0.25) is 0 Å². The molecule has 0 atom stereocenters. The Balaban J connectivity index is 2.50. The fourth-order valence-electron chi connectivity index (χ4n) is 1.12. The van der Waals surface area contributed by atoms with E-state index in [1.54, 1.807) is 0 Å². The van der Waals surface area contributed by atoms with Crippen LogP contribution in [-0.2, 0) is 0 Å². The molecule has 2 aromatic rings. The molecule has 2 rings (SSSR count). The third-order valence-electron chi connectivity index (χ3n) is 1.75. The van der Waals surface area contributed by atoms with Crippen LogP contribution in [0.4, 0.5) is 0 Å². The van der Waals surface area contributed by atoms with E-state index >= 15 is 0 Å². The molecule has 0 unspecified atom stereocenters. The molecule has 0 aliphatic carbocycles. The summed E-state index contributed by atoms with van der Waals surface area (Å²) in [4.78, 5) is 7.85. The van der Waals surface area contributed by atoms with Crippen LogP contribution in [0.5, 0.6) is 0 Å². The van der Waals surface area contributed by atoms with Crippen LogP contribution in [0.1, 0.15) is 12.1 Å². The van der Waals surface area contributed by atoms with Crippen molar-refractivity contribution >= 4 is 35.3 Å². The zero-order chi connectivity index (χ0) is 10.7. The largest absolute Gasteiger partial charge is 0.267 e. The van der Waals surface area contributed by atoms with Crippen molar-refractivity contribution in [2.24, 2.45) is 0 Å². The molecule has 15 heavy (non-hydrogen) atoms. The Labute approximate surface area is 96.9 Å². The van der Waals surface area contributed by atoms with Crippen LogP contribution >= 0.6 is 24.2 Å². The van der Waals surface area contributed by atoms with Crippen molar-refractivity contribution in [1.82, 2.24) is 20.2 Å². The Bertz CT molecular complexity index is 540. The molecule has 0 saturated heterocycles. The average molecular weight is 239 g/mol. The fraction of sp³-hybridized carbons (Fsp3) is 0.222. The van der Waals surface area contributed by atoms with Crippen molar-refractivity contribution in [2.75, 3.05) is 5.75 Å². The highest BCUT2D eigenvalue weighted by Crippen LogP contribution is 2.19. The summed E-state index contributed by atoms with van der Waals surface area (Å²) >= 11 is 9.99. The van der Waals surface area contributed by atoms with Gasteiger partial charge < -0.3 is 0 Å². The number of H-pyrrole nitrogens is 1. The second-order valence-electron chi connectivity index (χ2n) is 2.74. The number of nitrogens with zero attached hydrogens (tertiary/aromatic N) is 3. The van der Waals surface area contributed by atoms with Gasteiger partial charge in [0.05, 0.1) is 5.39 Å². The molecule has 0 spiro atoms. The summed E-state index contributed by atoms with van der Waals surface area (Å²) in [5.74, 6) is 6.60. The molecular formula is C9H7ClN4S. The first-order valence-electron chi connectivity index (χ1n) is 4.27. The summed E-state index contributed by atoms with van der Waals surface area (Å²) in [7, 11) is 0. The van der Waals surface area contributed by atoms with Crippen molar-refractivity contribution in [3.63, 3.8) is 0 Å². The van der Waals surface area contributed by atoms with Crippen molar-refractivity contribution in [3.8, 4) is 11.8 Å². The quantitative estimate of drug-likeness (QED) is 0.452. The van der Waals surface area contributed by atoms with Crippen LogP contribution in [0.2, 0.25) is 5.15 Å². The number of hydrogen-bond donors (Lipinski definition) is 2. The summed E-state index contributed by atoms with van der Waals surface area (Å²) in [5, 5.41) is 7.79. The minimum atomic E-state index is 0.365. The molecule has 76 valence electrons. The predicted octanol–water partition coefficient (Wildman–Crippen LogP) is 1.68. The van der Waals surface area contributed by atoms with Crippen molar-refractivity contribution in [1.29, 1.82) is 0 Å². The van der Waals surface area contributed by atoms with Gasteiger partial charge in [-0.3, -0.25) is 5.10 Å². The number of aromatic amines is 1. The number of nitrogens with one attached hydrogen (secondary N) is 1. The zero-order valence-corrected chi connectivity index (χ0v) is 9.31. The molecule has 0 saturated carbocycles. The maximum Gasteiger partial charge on any atom is 0.186 e. The number of fused-ring (bicyclic) bond motifs is 1. The highest BCUT2D eigenvalue weighted by atomic mass is 35.5. The smallest absolute Gasteiger partial charge is 0.186 e. The second kappa shape index (κ2) is 4.51. The maximum absolute atomic E-state index is 5.92. The Morgan fingerprint density at radius 2 is 2.33 bits per heavy atom. The lowest BCUT2D eigenvalue weighted by Gasteiger charge is -1.89. The predicted molar refractivity (Wildman–Crippen MR) is 62.0 cm³/mol. The number of thiol groups is 1. The van der Waals surface area contributed by atoms with Crippen LogP contribution in [0, 0.1) is 11.8 Å². The van der Waals surface area contributed by atoms with E-state index < -0.39 is 0 Å². The Kier molecular flexibility index (Phi) is 3.09. The highest BCUT2D eigenvalue weighted by Gasteiger charge is 2.08. The Morgan fingerprint density at radius 1 is 1.47 bits per heavy atom. The first-order valence-corrected chi connectivity index (χ1v) is 5.28. The monoisotopic (exact) mass is 238 g/mol. The number of aromatic nitrogens is 4. The van der Waals surface area contributed by atoms with E-state index in [0.717, 1.165) is 12.2 Å². The lowest BCUT2D eigenvalue weighted by Crippen LogP contribution is -1.82. The SMILES string of the molecule is SCCC#Cc1[nH]nc2ncnc(Cl)c12. The van der Waals surface area contributed by atoms with Crippen LogP contribution in [0.15, 0.2) is 6.33 Å². The van der Waals surface area contributed by atoms with E-state index in [0.29, 0.717) is 21.9 Å². The first kappa shape index (κ1) is 10.3. The van der Waals surface area contributed by atoms with E-state index in [4.69, 9.17) is 11.6 Å². The minimum Gasteiger partial charge on any atom is -0.267 e. The molecule has 0 radical (unpaired) electrons. The van der Waals surface area contributed by atoms with Crippen LogP contribution in [0.3, 0.4) is 0 Å². The summed E-state index contributed by atoms with van der Waals surface area (Å²) < 4.78 is 0. The van der Waals surface area contributed by atoms with E-state index in [2.05, 4.69) is 44.6 Å². The molecule has 2 aromatic heterocycles. The Hall–Kier alpha value is -1.25. The normalized spacial score (nSPS) is 10.0. The molecule has 0 aliphatic rings. The molecular weight excluding hydrogens is 232 g/mol. The van der Waals surface area contributed by atoms with E-state index in [1.807, 2.05) is 0 Å². The van der Waals surface area contributed by atoms with Gasteiger partial charge >= 0.3 is 0 Å². The van der Waals surface area contributed by atoms with Gasteiger partial charge in [-0.05, 0) is 5.92 Å². The van der Waals surface area contributed by atoms with Crippen LogP contribution in [-0.4, -0.2) is 25.9 Å². The zero-order valence-electron chi connectivity index (χ0n) is 7.66. The van der Waals surface area contributed by atoms with Gasteiger partial charge in [-0.1, -0.05) is 17.5 Å². The van der Waals surface area contributed by atoms with Gasteiger partial charge in [0, 0.05) is 12.2 Å².